The van der Waals surface area contributed by atoms with Crippen LogP contribution < -0.4 is 0 Å². The fourth-order valence-corrected chi connectivity index (χ4v) is 3.52. The first-order valence-electron chi connectivity index (χ1n) is 5.30. The molecule has 1 fully saturated rings. The number of rotatable bonds is 1. The van der Waals surface area contributed by atoms with Crippen LogP contribution in [0.5, 0.6) is 0 Å². The number of nitrogens with zero attached hydrogens (tertiary/aromatic N) is 1. The topological polar surface area (TPSA) is 20.3 Å². The maximum absolute atomic E-state index is 12.1. The van der Waals surface area contributed by atoms with Gasteiger partial charge >= 0.3 is 0 Å². The van der Waals surface area contributed by atoms with Gasteiger partial charge in [0, 0.05) is 18.0 Å². The molecule has 2 nitrogen and oxygen atoms in total. The van der Waals surface area contributed by atoms with Crippen molar-refractivity contribution in [2.45, 2.75) is 23.7 Å². The Kier molecular flexibility index (Phi) is 2.46. The lowest BCUT2D eigenvalue weighted by Gasteiger charge is -2.27. The van der Waals surface area contributed by atoms with E-state index in [4.69, 9.17) is 23.2 Å². The van der Waals surface area contributed by atoms with Crippen molar-refractivity contribution in [3.63, 3.8) is 0 Å². The summed E-state index contributed by atoms with van der Waals surface area (Å²) in [5, 5.41) is 2.09. The van der Waals surface area contributed by atoms with Gasteiger partial charge in [0.15, 0.2) is 0 Å². The minimum Gasteiger partial charge on any atom is -0.338 e. The van der Waals surface area contributed by atoms with Crippen molar-refractivity contribution in [2.75, 3.05) is 6.54 Å². The molecule has 1 amide bonds. The first-order chi connectivity index (χ1) is 7.58. The van der Waals surface area contributed by atoms with Gasteiger partial charge in [-0.15, -0.1) is 34.5 Å². The molecular weight excluding hydrogens is 265 g/mol. The first kappa shape index (κ1) is 10.9. The number of halogens is 2. The molecule has 0 bridgehead atoms. The molecule has 1 atom stereocenters. The highest BCUT2D eigenvalue weighted by Gasteiger charge is 2.57. The summed E-state index contributed by atoms with van der Waals surface area (Å²) in [6, 6.07) is 2.10. The third-order valence-electron chi connectivity index (χ3n) is 3.24. The van der Waals surface area contributed by atoms with Crippen LogP contribution in [0.4, 0.5) is 0 Å². The lowest BCUT2D eigenvalue weighted by Crippen LogP contribution is -2.37. The number of alkyl halides is 2. The molecular formula is C11H11Cl2NOS. The number of amides is 1. The number of carbonyl (C=O) groups is 1. The largest absolute Gasteiger partial charge is 0.338 e. The Bertz CT molecular complexity index is 443. The second kappa shape index (κ2) is 3.62. The standard InChI is InChI=1S/C11H11Cl2NOS/c12-11(13)5-8(11)10(15)14-3-1-9-7(6-14)2-4-16-9/h2,4,8H,1,3,5-6H2. The minimum absolute atomic E-state index is 0.113. The van der Waals surface area contributed by atoms with E-state index >= 15 is 0 Å². The van der Waals surface area contributed by atoms with Crippen molar-refractivity contribution in [1.82, 2.24) is 4.90 Å². The van der Waals surface area contributed by atoms with Crippen molar-refractivity contribution >= 4 is 40.4 Å². The second-order valence-corrected chi connectivity index (χ2v) is 6.94. The number of hydrogen-bond acceptors (Lipinski definition) is 2. The van der Waals surface area contributed by atoms with Crippen LogP contribution in [0.15, 0.2) is 11.4 Å². The molecule has 1 aromatic rings. The molecule has 5 heteroatoms. The van der Waals surface area contributed by atoms with Crippen LogP contribution in [0.1, 0.15) is 16.9 Å². The highest BCUT2D eigenvalue weighted by Crippen LogP contribution is 2.54. The number of hydrogen-bond donors (Lipinski definition) is 0. The van der Waals surface area contributed by atoms with E-state index in [2.05, 4.69) is 11.4 Å². The van der Waals surface area contributed by atoms with Gasteiger partial charge in [0.2, 0.25) is 5.91 Å². The molecule has 3 rings (SSSR count). The monoisotopic (exact) mass is 275 g/mol. The van der Waals surface area contributed by atoms with Gasteiger partial charge in [0.25, 0.3) is 0 Å². The Morgan fingerprint density at radius 2 is 2.31 bits per heavy atom. The van der Waals surface area contributed by atoms with Gasteiger partial charge < -0.3 is 4.90 Å². The number of thiophene rings is 1. The van der Waals surface area contributed by atoms with E-state index < -0.39 is 4.33 Å². The van der Waals surface area contributed by atoms with Crippen molar-refractivity contribution in [3.05, 3.63) is 21.9 Å². The first-order valence-corrected chi connectivity index (χ1v) is 6.93. The molecule has 0 N–H and O–H groups in total. The van der Waals surface area contributed by atoms with Gasteiger partial charge in [-0.1, -0.05) is 0 Å². The van der Waals surface area contributed by atoms with Crippen molar-refractivity contribution in [3.8, 4) is 0 Å². The van der Waals surface area contributed by atoms with E-state index in [1.807, 2.05) is 4.90 Å². The summed E-state index contributed by atoms with van der Waals surface area (Å²) in [4.78, 5) is 15.4. The van der Waals surface area contributed by atoms with Crippen LogP contribution in [-0.2, 0) is 17.8 Å². The maximum atomic E-state index is 12.1. The third kappa shape index (κ3) is 1.75. The zero-order valence-corrected chi connectivity index (χ0v) is 10.9. The summed E-state index contributed by atoms with van der Waals surface area (Å²) in [6.07, 6.45) is 1.56. The smallest absolute Gasteiger partial charge is 0.229 e. The van der Waals surface area contributed by atoms with Crippen molar-refractivity contribution < 1.29 is 4.79 Å². The molecule has 86 valence electrons. The normalized spacial score (nSPS) is 26.4. The summed E-state index contributed by atoms with van der Waals surface area (Å²) in [6.45, 7) is 1.52. The zero-order chi connectivity index (χ0) is 11.3. The number of fused-ring (bicyclic) bond motifs is 1. The fraction of sp³-hybridized carbons (Fsp3) is 0.545. The molecule has 0 radical (unpaired) electrons. The Morgan fingerprint density at radius 3 is 3.00 bits per heavy atom. The average molecular weight is 276 g/mol. The van der Waals surface area contributed by atoms with Gasteiger partial charge in [0.1, 0.15) is 4.33 Å². The average Bonchev–Trinajstić information content (AvgIpc) is 2.72. The van der Waals surface area contributed by atoms with E-state index in [0.29, 0.717) is 6.42 Å². The van der Waals surface area contributed by atoms with Crippen LogP contribution in [0.25, 0.3) is 0 Å². The van der Waals surface area contributed by atoms with Gasteiger partial charge in [-0.05, 0) is 29.9 Å². The van der Waals surface area contributed by atoms with E-state index in [1.165, 1.54) is 10.4 Å². The van der Waals surface area contributed by atoms with E-state index in [-0.39, 0.29) is 11.8 Å². The predicted octanol–water partition coefficient (Wildman–Crippen LogP) is 2.83. The molecule has 0 saturated heterocycles. The van der Waals surface area contributed by atoms with E-state index in [0.717, 1.165) is 19.5 Å². The Morgan fingerprint density at radius 1 is 1.56 bits per heavy atom. The van der Waals surface area contributed by atoms with Crippen molar-refractivity contribution in [2.24, 2.45) is 5.92 Å². The SMILES string of the molecule is O=C(C1CC1(Cl)Cl)N1CCc2sccc2C1. The Labute approximate surface area is 108 Å². The van der Waals surface area contributed by atoms with Crippen LogP contribution >= 0.6 is 34.5 Å². The Balaban J connectivity index is 1.72. The Hall–Kier alpha value is -0.250. The quantitative estimate of drug-likeness (QED) is 0.722. The maximum Gasteiger partial charge on any atom is 0.229 e. The van der Waals surface area contributed by atoms with Gasteiger partial charge in [-0.25, -0.2) is 0 Å². The molecule has 2 aliphatic rings. The van der Waals surface area contributed by atoms with Crippen molar-refractivity contribution in [1.29, 1.82) is 0 Å². The second-order valence-electron chi connectivity index (χ2n) is 4.40. The molecule has 1 aromatic heterocycles. The third-order valence-corrected chi connectivity index (χ3v) is 5.10. The molecule has 0 aromatic carbocycles. The molecule has 2 heterocycles. The van der Waals surface area contributed by atoms with Gasteiger partial charge in [0.05, 0.1) is 5.92 Å². The predicted molar refractivity (Wildman–Crippen MR) is 66.0 cm³/mol. The lowest BCUT2D eigenvalue weighted by molar-refractivity contribution is -0.133. The summed E-state index contributed by atoms with van der Waals surface area (Å²) < 4.78 is -0.800. The molecule has 1 unspecified atom stereocenters. The molecule has 1 saturated carbocycles. The molecule has 16 heavy (non-hydrogen) atoms. The summed E-state index contributed by atoms with van der Waals surface area (Å²) in [7, 11) is 0. The minimum atomic E-state index is -0.800. The highest BCUT2D eigenvalue weighted by molar-refractivity contribution is 7.10. The lowest BCUT2D eigenvalue weighted by atomic mass is 10.1. The summed E-state index contributed by atoms with van der Waals surface area (Å²) in [5.41, 5.74) is 1.28. The van der Waals surface area contributed by atoms with E-state index in [1.54, 1.807) is 11.3 Å². The molecule has 1 aliphatic heterocycles. The van der Waals surface area contributed by atoms with E-state index in [9.17, 15) is 4.79 Å². The van der Waals surface area contributed by atoms with Crippen LogP contribution in [0, 0.1) is 5.92 Å². The highest BCUT2D eigenvalue weighted by atomic mass is 35.5. The van der Waals surface area contributed by atoms with Gasteiger partial charge in [-0.2, -0.15) is 0 Å². The van der Waals surface area contributed by atoms with Gasteiger partial charge in [-0.3, -0.25) is 4.79 Å². The van der Waals surface area contributed by atoms with Crippen LogP contribution in [0.2, 0.25) is 0 Å². The van der Waals surface area contributed by atoms with Crippen LogP contribution in [0.3, 0.4) is 0 Å². The molecule has 0 spiro atoms. The summed E-state index contributed by atoms with van der Waals surface area (Å²) >= 11 is 13.6. The zero-order valence-electron chi connectivity index (χ0n) is 8.58. The molecule has 1 aliphatic carbocycles. The number of carbonyl (C=O) groups excluding carboxylic acids is 1. The fourth-order valence-electron chi connectivity index (χ4n) is 2.14. The van der Waals surface area contributed by atoms with Crippen LogP contribution in [-0.4, -0.2) is 21.7 Å². The summed E-state index contributed by atoms with van der Waals surface area (Å²) in [5.74, 6) is -0.0714.